The van der Waals surface area contributed by atoms with Crippen LogP contribution in [0.3, 0.4) is 0 Å². The molecule has 2 aliphatic heterocycles. The van der Waals surface area contributed by atoms with Gasteiger partial charge in [0.1, 0.15) is 0 Å². The largest absolute Gasteiger partial charge is 0.326 e. The van der Waals surface area contributed by atoms with Crippen LogP contribution in [0.5, 0.6) is 0 Å². The molecule has 0 aliphatic carbocycles. The number of urea groups is 1. The van der Waals surface area contributed by atoms with E-state index in [9.17, 15) is 9.36 Å². The molecule has 2 fully saturated rings. The summed E-state index contributed by atoms with van der Waals surface area (Å²) >= 11 is 2.20. The maximum absolute atomic E-state index is 12.7. The van der Waals surface area contributed by atoms with Crippen LogP contribution in [0.2, 0.25) is 0 Å². The van der Waals surface area contributed by atoms with Gasteiger partial charge < -0.3 is 5.32 Å². The molecule has 8 heteroatoms. The number of hydrogen-bond acceptors (Lipinski definition) is 2. The number of benzene rings is 1. The molecule has 0 radical (unpaired) electrons. The van der Waals surface area contributed by atoms with Crippen molar-refractivity contribution in [1.82, 2.24) is 14.4 Å². The molecule has 0 bridgehead atoms. The Kier molecular flexibility index (Phi) is 3.55. The monoisotopic (exact) mass is 392 g/mol. The highest BCUT2D eigenvalue weighted by Crippen LogP contribution is 2.56. The molecule has 2 N–H and O–H groups in total. The van der Waals surface area contributed by atoms with Crippen LogP contribution in [0.15, 0.2) is 24.3 Å². The van der Waals surface area contributed by atoms with Crippen molar-refractivity contribution in [3.8, 4) is 0 Å². The van der Waals surface area contributed by atoms with E-state index in [2.05, 4.69) is 33.0 Å². The van der Waals surface area contributed by atoms with Gasteiger partial charge in [-0.2, -0.15) is 0 Å². The van der Waals surface area contributed by atoms with Gasteiger partial charge in [-0.1, -0.05) is 0 Å². The third-order valence-corrected chi connectivity index (χ3v) is 6.51. The lowest BCUT2D eigenvalue weighted by atomic mass is 10.3. The molecule has 0 aromatic heterocycles. The molecule has 2 aliphatic rings. The van der Waals surface area contributed by atoms with E-state index >= 15 is 0 Å². The minimum Gasteiger partial charge on any atom is -0.308 e. The van der Waals surface area contributed by atoms with Crippen molar-refractivity contribution in [2.24, 2.45) is 0 Å². The number of halogens is 1. The Morgan fingerprint density at radius 3 is 2.11 bits per heavy atom. The zero-order valence-corrected chi connectivity index (χ0v) is 13.2. The van der Waals surface area contributed by atoms with Crippen molar-refractivity contribution >= 4 is 41.9 Å². The first-order valence-electron chi connectivity index (χ1n) is 6.04. The van der Waals surface area contributed by atoms with Gasteiger partial charge in [0.25, 0.3) is 0 Å². The second-order valence-electron chi connectivity index (χ2n) is 4.52. The lowest BCUT2D eigenvalue weighted by molar-refractivity contribution is 0.255. The smallest absolute Gasteiger partial charge is 0.308 e. The highest BCUT2D eigenvalue weighted by Gasteiger charge is 2.49. The molecular formula is C11H14IN4O2P. The van der Waals surface area contributed by atoms with Crippen molar-refractivity contribution in [3.63, 3.8) is 0 Å². The van der Waals surface area contributed by atoms with Crippen molar-refractivity contribution < 1.29 is 9.36 Å². The van der Waals surface area contributed by atoms with E-state index in [-0.39, 0.29) is 0 Å². The molecule has 0 saturated carbocycles. The molecule has 2 heterocycles. The topological polar surface area (TPSA) is 64.2 Å². The summed E-state index contributed by atoms with van der Waals surface area (Å²) in [6, 6.07) is 7.04. The number of amides is 2. The van der Waals surface area contributed by atoms with Crippen molar-refractivity contribution in [1.29, 1.82) is 0 Å². The van der Waals surface area contributed by atoms with E-state index in [0.717, 1.165) is 29.7 Å². The van der Waals surface area contributed by atoms with Crippen LogP contribution < -0.4 is 10.4 Å². The van der Waals surface area contributed by atoms with Gasteiger partial charge in [-0.3, -0.25) is 9.65 Å². The number of nitrogens with one attached hydrogen (secondary N) is 2. The Labute approximate surface area is 125 Å². The minimum atomic E-state index is -2.84. The first-order chi connectivity index (χ1) is 9.08. The Balaban J connectivity index is 1.64. The normalized spacial score (nSPS) is 19.0. The maximum atomic E-state index is 12.7. The van der Waals surface area contributed by atoms with Gasteiger partial charge in [0.2, 0.25) is 0 Å². The summed E-state index contributed by atoms with van der Waals surface area (Å²) in [4.78, 5) is 11.9. The summed E-state index contributed by atoms with van der Waals surface area (Å²) in [6.45, 7) is 3.16. The summed E-state index contributed by atoms with van der Waals surface area (Å²) in [5.41, 5.74) is 0.695. The molecule has 0 spiro atoms. The van der Waals surface area contributed by atoms with E-state index in [1.807, 2.05) is 33.6 Å². The van der Waals surface area contributed by atoms with E-state index in [0.29, 0.717) is 5.69 Å². The number of carbonyl (C=O) groups excluding carboxylic acids is 1. The lowest BCUT2D eigenvalue weighted by Gasteiger charge is -2.21. The molecule has 2 saturated heterocycles. The first kappa shape index (κ1) is 13.4. The van der Waals surface area contributed by atoms with Crippen molar-refractivity contribution in [3.05, 3.63) is 27.8 Å². The molecule has 3 rings (SSSR count). The standard InChI is InChI=1S/C11H14IN4O2P/c12-9-1-3-10(4-2-9)13-11(17)14-19(18,15-5-6-15)16-7-8-16/h1-4H,5-8H2,(H2,13,14,17,18). The molecule has 19 heavy (non-hydrogen) atoms. The van der Waals surface area contributed by atoms with Crippen molar-refractivity contribution in [2.75, 3.05) is 31.5 Å². The molecular weight excluding hydrogens is 378 g/mol. The number of hydrogen-bond donors (Lipinski definition) is 2. The molecule has 1 aromatic rings. The summed E-state index contributed by atoms with van der Waals surface area (Å²) in [6.07, 6.45) is 0. The summed E-state index contributed by atoms with van der Waals surface area (Å²) < 4.78 is 17.4. The highest BCUT2D eigenvalue weighted by molar-refractivity contribution is 14.1. The molecule has 0 atom stereocenters. The summed E-state index contributed by atoms with van der Waals surface area (Å²) in [7, 11) is -2.84. The van der Waals surface area contributed by atoms with Gasteiger partial charge in [0, 0.05) is 35.4 Å². The Bertz CT molecular complexity index is 526. The number of anilines is 1. The van der Waals surface area contributed by atoms with Gasteiger partial charge in [0.05, 0.1) is 0 Å². The zero-order valence-electron chi connectivity index (χ0n) is 10.2. The van der Waals surface area contributed by atoms with Crippen LogP contribution in [0.25, 0.3) is 0 Å². The van der Waals surface area contributed by atoms with Gasteiger partial charge in [-0.05, 0) is 46.9 Å². The predicted octanol–water partition coefficient (Wildman–Crippen LogP) is 2.15. The Morgan fingerprint density at radius 2 is 1.63 bits per heavy atom. The van der Waals surface area contributed by atoms with Crippen LogP contribution in [0, 0.1) is 3.57 Å². The van der Waals surface area contributed by atoms with Crippen molar-refractivity contribution in [2.45, 2.75) is 0 Å². The first-order valence-corrected chi connectivity index (χ1v) is 8.73. The quantitative estimate of drug-likeness (QED) is 0.469. The second kappa shape index (κ2) is 5.05. The number of rotatable bonds is 4. The predicted molar refractivity (Wildman–Crippen MR) is 82.1 cm³/mol. The Hall–Kier alpha value is -0.630. The molecule has 102 valence electrons. The average molecular weight is 392 g/mol. The molecule has 0 unspecified atom stereocenters. The third kappa shape index (κ3) is 3.10. The van der Waals surface area contributed by atoms with Gasteiger partial charge in [-0.25, -0.2) is 14.1 Å². The fraction of sp³-hybridized carbons (Fsp3) is 0.364. The van der Waals surface area contributed by atoms with Gasteiger partial charge in [0.15, 0.2) is 0 Å². The molecule has 2 amide bonds. The van der Waals surface area contributed by atoms with Crippen LogP contribution in [-0.2, 0) is 4.57 Å². The van der Waals surface area contributed by atoms with Crippen LogP contribution in [0.4, 0.5) is 10.5 Å². The number of carbonyl (C=O) groups is 1. The lowest BCUT2D eigenvalue weighted by Crippen LogP contribution is -2.31. The van der Waals surface area contributed by atoms with Crippen LogP contribution >= 0.6 is 30.2 Å². The van der Waals surface area contributed by atoms with Crippen LogP contribution in [-0.4, -0.2) is 41.6 Å². The minimum absolute atomic E-state index is 0.414. The molecule has 6 nitrogen and oxygen atoms in total. The second-order valence-corrected chi connectivity index (χ2v) is 8.21. The maximum Gasteiger partial charge on any atom is 0.326 e. The van der Waals surface area contributed by atoms with E-state index in [1.165, 1.54) is 0 Å². The third-order valence-electron chi connectivity index (χ3n) is 2.96. The van der Waals surface area contributed by atoms with Gasteiger partial charge in [-0.15, -0.1) is 0 Å². The summed E-state index contributed by atoms with van der Waals surface area (Å²) in [5, 5.41) is 5.35. The highest BCUT2D eigenvalue weighted by atomic mass is 127. The van der Waals surface area contributed by atoms with E-state index < -0.39 is 13.6 Å². The van der Waals surface area contributed by atoms with E-state index in [4.69, 9.17) is 0 Å². The van der Waals surface area contributed by atoms with Gasteiger partial charge >= 0.3 is 13.6 Å². The molecule has 1 aromatic carbocycles. The SMILES string of the molecule is O=C(Nc1ccc(I)cc1)NP(=O)(N1CC1)N1CC1. The average Bonchev–Trinajstić information content (AvgIpc) is 3.23. The number of nitrogens with zero attached hydrogens (tertiary/aromatic N) is 2. The Morgan fingerprint density at radius 1 is 1.11 bits per heavy atom. The zero-order chi connectivity index (χ0) is 13.5. The summed E-state index contributed by atoms with van der Waals surface area (Å²) in [5.74, 6) is 0. The van der Waals surface area contributed by atoms with E-state index in [1.54, 1.807) is 0 Å². The fourth-order valence-corrected chi connectivity index (χ4v) is 4.36. The fourth-order valence-electron chi connectivity index (χ4n) is 1.78. The van der Waals surface area contributed by atoms with Crippen LogP contribution in [0.1, 0.15) is 0 Å².